The number of hydrogen-bond acceptors (Lipinski definition) is 6. The first-order valence-corrected chi connectivity index (χ1v) is 10.7. The second-order valence-corrected chi connectivity index (χ2v) is 9.19. The summed E-state index contributed by atoms with van der Waals surface area (Å²) in [5.74, 6) is -0.463. The van der Waals surface area contributed by atoms with Crippen LogP contribution in [0.15, 0.2) is 40.6 Å². The molecule has 0 bridgehead atoms. The topological polar surface area (TPSA) is 99.5 Å². The molecule has 0 aliphatic carbocycles. The Balaban J connectivity index is 1.84. The predicted molar refractivity (Wildman–Crippen MR) is 102 cm³/mol. The van der Waals surface area contributed by atoms with Crippen LogP contribution in [0.1, 0.15) is 29.8 Å². The number of hydrogen-bond donors (Lipinski definition) is 1. The van der Waals surface area contributed by atoms with Gasteiger partial charge in [0.15, 0.2) is 0 Å². The van der Waals surface area contributed by atoms with Crippen LogP contribution in [0.3, 0.4) is 0 Å². The van der Waals surface area contributed by atoms with Crippen molar-refractivity contribution in [3.05, 3.63) is 46.8 Å². The predicted octanol–water partition coefficient (Wildman–Crippen LogP) is 2.67. The van der Waals surface area contributed by atoms with Crippen molar-refractivity contribution in [3.63, 3.8) is 0 Å². The molecule has 7 nitrogen and oxygen atoms in total. The molecule has 1 saturated heterocycles. The number of carbonyl (C=O) groups is 1. The molecular weight excluding hydrogens is 386 g/mol. The summed E-state index contributed by atoms with van der Waals surface area (Å²) >= 11 is 1.24. The van der Waals surface area contributed by atoms with E-state index in [2.05, 4.69) is 5.32 Å². The first-order chi connectivity index (χ1) is 12.8. The molecule has 27 heavy (non-hydrogen) atoms. The van der Waals surface area contributed by atoms with E-state index < -0.39 is 15.9 Å². The van der Waals surface area contributed by atoms with Crippen LogP contribution < -0.4 is 5.32 Å². The minimum Gasteiger partial charge on any atom is -0.373 e. The normalized spacial score (nSPS) is 20.8. The molecule has 1 aromatic carbocycles. The molecule has 0 saturated carbocycles. The lowest BCUT2D eigenvalue weighted by Gasteiger charge is -2.34. The monoisotopic (exact) mass is 405 g/mol. The Morgan fingerprint density at radius 1 is 1.30 bits per heavy atom. The van der Waals surface area contributed by atoms with Gasteiger partial charge in [-0.15, -0.1) is 11.3 Å². The van der Waals surface area contributed by atoms with Gasteiger partial charge in [-0.2, -0.15) is 9.57 Å². The van der Waals surface area contributed by atoms with Gasteiger partial charge in [0.1, 0.15) is 11.1 Å². The molecule has 2 atom stereocenters. The molecule has 9 heteroatoms. The average molecular weight is 406 g/mol. The summed E-state index contributed by atoms with van der Waals surface area (Å²) in [4.78, 5) is 12.6. The van der Waals surface area contributed by atoms with Crippen LogP contribution in [0, 0.1) is 11.3 Å². The quantitative estimate of drug-likeness (QED) is 0.843. The second-order valence-electron chi connectivity index (χ2n) is 6.34. The molecule has 1 N–H and O–H groups in total. The molecule has 1 fully saturated rings. The number of ether oxygens (including phenoxy) is 1. The fraction of sp³-hybridized carbons (Fsp3) is 0.333. The van der Waals surface area contributed by atoms with Gasteiger partial charge in [-0.3, -0.25) is 4.79 Å². The zero-order valence-electron chi connectivity index (χ0n) is 14.9. The van der Waals surface area contributed by atoms with Crippen molar-refractivity contribution in [1.82, 2.24) is 4.31 Å². The SMILES string of the molecule is C[C@@H]1CN(S(=O)(=O)c2cccc(C(=O)Nc3sccc3C#N)c2)C[C@@H](C)O1. The maximum absolute atomic E-state index is 13.0. The smallest absolute Gasteiger partial charge is 0.256 e. The molecule has 1 aliphatic rings. The number of nitrogens with one attached hydrogen (secondary N) is 1. The molecular formula is C18H19N3O4S2. The molecule has 0 radical (unpaired) electrons. The molecule has 2 aromatic rings. The average Bonchev–Trinajstić information content (AvgIpc) is 3.08. The lowest BCUT2D eigenvalue weighted by atomic mass is 10.2. The summed E-state index contributed by atoms with van der Waals surface area (Å²) in [6, 6.07) is 9.52. The van der Waals surface area contributed by atoms with E-state index in [-0.39, 0.29) is 35.8 Å². The number of sulfonamides is 1. The van der Waals surface area contributed by atoms with Crippen molar-refractivity contribution in [2.75, 3.05) is 18.4 Å². The van der Waals surface area contributed by atoms with Crippen molar-refractivity contribution < 1.29 is 17.9 Å². The van der Waals surface area contributed by atoms with Gasteiger partial charge in [-0.05, 0) is 43.5 Å². The van der Waals surface area contributed by atoms with Crippen LogP contribution in [0.25, 0.3) is 0 Å². The minimum absolute atomic E-state index is 0.0585. The number of anilines is 1. The highest BCUT2D eigenvalue weighted by atomic mass is 32.2. The Bertz CT molecular complexity index is 984. The zero-order valence-corrected chi connectivity index (χ0v) is 16.5. The van der Waals surface area contributed by atoms with Gasteiger partial charge in [0.2, 0.25) is 10.0 Å². The maximum Gasteiger partial charge on any atom is 0.256 e. The molecule has 3 rings (SSSR count). The Kier molecular flexibility index (Phi) is 5.62. The number of benzene rings is 1. The summed E-state index contributed by atoms with van der Waals surface area (Å²) in [7, 11) is -3.74. The van der Waals surface area contributed by atoms with Gasteiger partial charge in [0.05, 0.1) is 22.7 Å². The van der Waals surface area contributed by atoms with Gasteiger partial charge in [0, 0.05) is 18.7 Å². The lowest BCUT2D eigenvalue weighted by Crippen LogP contribution is -2.48. The van der Waals surface area contributed by atoms with Crippen molar-refractivity contribution in [3.8, 4) is 6.07 Å². The van der Waals surface area contributed by atoms with E-state index >= 15 is 0 Å². The van der Waals surface area contributed by atoms with E-state index in [0.29, 0.717) is 10.6 Å². The Morgan fingerprint density at radius 3 is 2.67 bits per heavy atom. The van der Waals surface area contributed by atoms with E-state index in [9.17, 15) is 13.2 Å². The molecule has 2 heterocycles. The Morgan fingerprint density at radius 2 is 2.00 bits per heavy atom. The van der Waals surface area contributed by atoms with Gasteiger partial charge in [0.25, 0.3) is 5.91 Å². The van der Waals surface area contributed by atoms with Crippen LogP contribution in [-0.4, -0.2) is 43.9 Å². The molecule has 1 amide bonds. The van der Waals surface area contributed by atoms with Crippen LogP contribution in [0.5, 0.6) is 0 Å². The van der Waals surface area contributed by atoms with Crippen LogP contribution in [-0.2, 0) is 14.8 Å². The van der Waals surface area contributed by atoms with Crippen molar-refractivity contribution in [2.24, 2.45) is 0 Å². The molecule has 1 aliphatic heterocycles. The van der Waals surface area contributed by atoms with E-state index in [1.807, 2.05) is 19.9 Å². The Labute approximate surface area is 162 Å². The summed E-state index contributed by atoms with van der Waals surface area (Å²) in [6.07, 6.45) is -0.392. The van der Waals surface area contributed by atoms with E-state index in [4.69, 9.17) is 10.00 Å². The number of carbonyl (C=O) groups excluding carboxylic acids is 1. The molecule has 0 spiro atoms. The third-order valence-electron chi connectivity index (χ3n) is 4.13. The summed E-state index contributed by atoms with van der Waals surface area (Å²) in [5, 5.41) is 13.8. The number of morpholine rings is 1. The van der Waals surface area contributed by atoms with E-state index in [1.54, 1.807) is 17.5 Å². The highest BCUT2D eigenvalue weighted by Crippen LogP contribution is 2.25. The number of nitriles is 1. The van der Waals surface area contributed by atoms with E-state index in [1.165, 1.54) is 33.8 Å². The maximum atomic E-state index is 13.0. The number of rotatable bonds is 4. The summed E-state index contributed by atoms with van der Waals surface area (Å²) < 4.78 is 32.9. The van der Waals surface area contributed by atoms with Crippen molar-refractivity contribution in [1.29, 1.82) is 5.26 Å². The minimum atomic E-state index is -3.74. The largest absolute Gasteiger partial charge is 0.373 e. The molecule has 1 aromatic heterocycles. The van der Waals surface area contributed by atoms with Gasteiger partial charge in [-0.1, -0.05) is 6.07 Å². The van der Waals surface area contributed by atoms with Gasteiger partial charge in [-0.25, -0.2) is 8.42 Å². The van der Waals surface area contributed by atoms with Crippen molar-refractivity contribution >= 4 is 32.3 Å². The molecule has 142 valence electrons. The zero-order chi connectivity index (χ0) is 19.6. The first kappa shape index (κ1) is 19.5. The summed E-state index contributed by atoms with van der Waals surface area (Å²) in [5.41, 5.74) is 0.580. The number of thiophene rings is 1. The number of amides is 1. The van der Waals surface area contributed by atoms with E-state index in [0.717, 1.165) is 0 Å². The number of nitrogens with zero attached hydrogens (tertiary/aromatic N) is 2. The Hall–Kier alpha value is -2.25. The van der Waals surface area contributed by atoms with Crippen LogP contribution in [0.4, 0.5) is 5.00 Å². The highest BCUT2D eigenvalue weighted by Gasteiger charge is 2.32. The lowest BCUT2D eigenvalue weighted by molar-refractivity contribution is -0.0440. The van der Waals surface area contributed by atoms with Crippen molar-refractivity contribution in [2.45, 2.75) is 31.0 Å². The van der Waals surface area contributed by atoms with Gasteiger partial charge >= 0.3 is 0 Å². The summed E-state index contributed by atoms with van der Waals surface area (Å²) in [6.45, 7) is 4.19. The highest BCUT2D eigenvalue weighted by molar-refractivity contribution is 7.89. The van der Waals surface area contributed by atoms with Crippen LogP contribution in [0.2, 0.25) is 0 Å². The molecule has 0 unspecified atom stereocenters. The van der Waals surface area contributed by atoms with Gasteiger partial charge < -0.3 is 10.1 Å². The standard InChI is InChI=1S/C18H19N3O4S2/c1-12-10-21(11-13(2)25-12)27(23,24)16-5-3-4-14(8-16)17(22)20-18-15(9-19)6-7-26-18/h3-8,12-13H,10-11H2,1-2H3,(H,20,22)/t12-,13-/m1/s1. The second kappa shape index (κ2) is 7.78. The van der Waals surface area contributed by atoms with Crippen LogP contribution >= 0.6 is 11.3 Å². The third-order valence-corrected chi connectivity index (χ3v) is 6.79. The third kappa shape index (κ3) is 4.20. The fourth-order valence-corrected chi connectivity index (χ4v) is 5.31. The first-order valence-electron chi connectivity index (χ1n) is 8.36. The fourth-order valence-electron chi connectivity index (χ4n) is 2.94.